The Morgan fingerprint density at radius 2 is 1.73 bits per heavy atom. The third-order valence-corrected chi connectivity index (χ3v) is 8.89. The highest BCUT2D eigenvalue weighted by molar-refractivity contribution is 5.87. The van der Waals surface area contributed by atoms with Crippen molar-refractivity contribution < 1.29 is 4.79 Å². The molecule has 5 heteroatoms. The molecule has 0 spiro atoms. The summed E-state index contributed by atoms with van der Waals surface area (Å²) >= 11 is 0. The van der Waals surface area contributed by atoms with Gasteiger partial charge >= 0.3 is 0 Å². The van der Waals surface area contributed by atoms with Crippen LogP contribution in [0.2, 0.25) is 0 Å². The Hall–Kier alpha value is -2.30. The lowest BCUT2D eigenvalue weighted by atomic mass is 9.84. The van der Waals surface area contributed by atoms with E-state index >= 15 is 0 Å². The van der Waals surface area contributed by atoms with Crippen molar-refractivity contribution in [2.45, 2.75) is 102 Å². The number of nitrogens with two attached hydrogens (primary N) is 1. The van der Waals surface area contributed by atoms with Crippen LogP contribution >= 0.6 is 12.4 Å². The lowest BCUT2D eigenvalue weighted by molar-refractivity contribution is -0.122. The van der Waals surface area contributed by atoms with E-state index in [0.717, 1.165) is 31.6 Å². The fourth-order valence-electron chi connectivity index (χ4n) is 6.72. The quantitative estimate of drug-likeness (QED) is 0.340. The van der Waals surface area contributed by atoms with Crippen molar-refractivity contribution in [2.75, 3.05) is 0 Å². The van der Waals surface area contributed by atoms with Gasteiger partial charge in [0.05, 0.1) is 0 Å². The van der Waals surface area contributed by atoms with Gasteiger partial charge < -0.3 is 15.6 Å². The zero-order valence-corrected chi connectivity index (χ0v) is 23.3. The molecule has 2 fully saturated rings. The van der Waals surface area contributed by atoms with Gasteiger partial charge in [0, 0.05) is 47.6 Å². The zero-order chi connectivity index (χ0) is 25.1. The number of benzene rings is 2. The number of rotatable bonds is 7. The molecule has 5 rings (SSSR count). The molecule has 2 aliphatic rings. The molecule has 2 aromatic carbocycles. The fourth-order valence-corrected chi connectivity index (χ4v) is 6.72. The standard InChI is InChI=1S/C32H43N3O.ClH/c1-22-9-8-12-25(19-22)29(20-32(36)34-27-17-15-26(33)16-18-27)30-21-35(31-14-7-6-13-28(30)31)23(2)24-10-4-3-5-11-24;/h6-9,12-14,19,21,23-24,26-27,29H,3-5,10-11,15-18,20,33H2,1-2H3,(H,34,36);1H. The van der Waals surface area contributed by atoms with Gasteiger partial charge in [-0.15, -0.1) is 12.4 Å². The predicted molar refractivity (Wildman–Crippen MR) is 156 cm³/mol. The van der Waals surface area contributed by atoms with E-state index in [2.05, 4.69) is 78.5 Å². The molecule has 2 unspecified atom stereocenters. The number of carbonyl (C=O) groups excluding carboxylic acids is 1. The minimum Gasteiger partial charge on any atom is -0.353 e. The molecule has 2 atom stereocenters. The highest BCUT2D eigenvalue weighted by Crippen LogP contribution is 2.40. The van der Waals surface area contributed by atoms with Gasteiger partial charge in [0.1, 0.15) is 0 Å². The number of fused-ring (bicyclic) bond motifs is 1. The lowest BCUT2D eigenvalue weighted by Gasteiger charge is -2.29. The van der Waals surface area contributed by atoms with Crippen LogP contribution in [0.25, 0.3) is 10.9 Å². The van der Waals surface area contributed by atoms with E-state index in [-0.39, 0.29) is 36.3 Å². The minimum atomic E-state index is 0. The number of aromatic nitrogens is 1. The Morgan fingerprint density at radius 1 is 1.00 bits per heavy atom. The second-order valence-corrected chi connectivity index (χ2v) is 11.5. The lowest BCUT2D eigenvalue weighted by Crippen LogP contribution is -2.40. The molecule has 1 heterocycles. The van der Waals surface area contributed by atoms with Crippen LogP contribution < -0.4 is 11.1 Å². The highest BCUT2D eigenvalue weighted by atomic mass is 35.5. The molecule has 200 valence electrons. The number of amides is 1. The summed E-state index contributed by atoms with van der Waals surface area (Å²) in [6, 6.07) is 18.5. The van der Waals surface area contributed by atoms with Crippen molar-refractivity contribution >= 4 is 29.2 Å². The van der Waals surface area contributed by atoms with E-state index in [1.165, 1.54) is 59.7 Å². The van der Waals surface area contributed by atoms with Crippen molar-refractivity contribution in [2.24, 2.45) is 11.7 Å². The monoisotopic (exact) mass is 521 g/mol. The molecule has 4 nitrogen and oxygen atoms in total. The number of nitrogens with zero attached hydrogens (tertiary/aromatic N) is 1. The zero-order valence-electron chi connectivity index (χ0n) is 22.5. The van der Waals surface area contributed by atoms with Crippen molar-refractivity contribution in [1.82, 2.24) is 9.88 Å². The van der Waals surface area contributed by atoms with Gasteiger partial charge in [-0.2, -0.15) is 0 Å². The number of nitrogens with one attached hydrogen (secondary N) is 1. The van der Waals surface area contributed by atoms with Gasteiger partial charge in [0.15, 0.2) is 0 Å². The Bertz CT molecular complexity index is 1170. The third-order valence-electron chi connectivity index (χ3n) is 8.89. The average molecular weight is 522 g/mol. The Labute approximate surface area is 228 Å². The second-order valence-electron chi connectivity index (χ2n) is 11.5. The van der Waals surface area contributed by atoms with E-state index in [1.54, 1.807) is 0 Å². The molecule has 0 bridgehead atoms. The smallest absolute Gasteiger partial charge is 0.221 e. The second kappa shape index (κ2) is 12.5. The number of hydrogen-bond donors (Lipinski definition) is 2. The Kier molecular flexibility index (Phi) is 9.36. The topological polar surface area (TPSA) is 60.1 Å². The first-order chi connectivity index (χ1) is 17.5. The van der Waals surface area contributed by atoms with E-state index in [0.29, 0.717) is 12.5 Å². The number of hydrogen-bond acceptors (Lipinski definition) is 2. The number of para-hydroxylation sites is 1. The molecule has 3 aromatic rings. The first-order valence-electron chi connectivity index (χ1n) is 14.2. The molecule has 2 saturated carbocycles. The molecule has 1 aromatic heterocycles. The maximum absolute atomic E-state index is 13.4. The summed E-state index contributed by atoms with van der Waals surface area (Å²) < 4.78 is 2.52. The van der Waals surface area contributed by atoms with Gasteiger partial charge in [-0.3, -0.25) is 4.79 Å². The molecular formula is C32H44ClN3O. The van der Waals surface area contributed by atoms with Crippen molar-refractivity contribution in [3.8, 4) is 0 Å². The predicted octanol–water partition coefficient (Wildman–Crippen LogP) is 7.42. The first kappa shape index (κ1) is 27.7. The number of aryl methyl sites for hydroxylation is 1. The van der Waals surface area contributed by atoms with Gasteiger partial charge in [0.25, 0.3) is 0 Å². The number of carbonyl (C=O) groups is 1. The molecular weight excluding hydrogens is 478 g/mol. The molecule has 0 aliphatic heterocycles. The molecule has 3 N–H and O–H groups in total. The number of halogens is 1. The summed E-state index contributed by atoms with van der Waals surface area (Å²) in [6.45, 7) is 4.54. The van der Waals surface area contributed by atoms with Crippen LogP contribution in [0.4, 0.5) is 0 Å². The summed E-state index contributed by atoms with van der Waals surface area (Å²) in [6.07, 6.45) is 13.5. The van der Waals surface area contributed by atoms with Crippen LogP contribution in [0.3, 0.4) is 0 Å². The van der Waals surface area contributed by atoms with E-state index in [1.807, 2.05) is 0 Å². The summed E-state index contributed by atoms with van der Waals surface area (Å²) in [7, 11) is 0. The molecule has 0 saturated heterocycles. The first-order valence-corrected chi connectivity index (χ1v) is 14.2. The van der Waals surface area contributed by atoms with Gasteiger partial charge in [-0.05, 0) is 75.5 Å². The van der Waals surface area contributed by atoms with Gasteiger partial charge in [-0.1, -0.05) is 67.3 Å². The molecule has 0 radical (unpaired) electrons. The van der Waals surface area contributed by atoms with Crippen LogP contribution in [-0.4, -0.2) is 22.6 Å². The van der Waals surface area contributed by atoms with Gasteiger partial charge in [-0.25, -0.2) is 0 Å². The summed E-state index contributed by atoms with van der Waals surface area (Å²) in [4.78, 5) is 13.4. The van der Waals surface area contributed by atoms with Crippen molar-refractivity contribution in [3.63, 3.8) is 0 Å². The van der Waals surface area contributed by atoms with Crippen LogP contribution in [0, 0.1) is 12.8 Å². The molecule has 2 aliphatic carbocycles. The Balaban J connectivity index is 0.00000320. The molecule has 37 heavy (non-hydrogen) atoms. The minimum absolute atomic E-state index is 0. The van der Waals surface area contributed by atoms with Crippen molar-refractivity contribution in [3.05, 3.63) is 71.4 Å². The largest absolute Gasteiger partial charge is 0.353 e. The fraction of sp³-hybridized carbons (Fsp3) is 0.531. The average Bonchev–Trinajstić information content (AvgIpc) is 3.28. The van der Waals surface area contributed by atoms with Crippen LogP contribution in [-0.2, 0) is 4.79 Å². The Morgan fingerprint density at radius 3 is 2.46 bits per heavy atom. The van der Waals surface area contributed by atoms with E-state index in [9.17, 15) is 4.79 Å². The summed E-state index contributed by atoms with van der Waals surface area (Å²) in [5, 5.41) is 4.63. The van der Waals surface area contributed by atoms with Gasteiger partial charge in [0.2, 0.25) is 5.91 Å². The molecule has 1 amide bonds. The maximum Gasteiger partial charge on any atom is 0.221 e. The maximum atomic E-state index is 13.4. The van der Waals surface area contributed by atoms with Crippen LogP contribution in [0.5, 0.6) is 0 Å². The van der Waals surface area contributed by atoms with Crippen LogP contribution in [0.15, 0.2) is 54.7 Å². The summed E-state index contributed by atoms with van der Waals surface area (Å²) in [5.74, 6) is 0.903. The van der Waals surface area contributed by atoms with Crippen LogP contribution in [0.1, 0.15) is 99.8 Å². The van der Waals surface area contributed by atoms with E-state index in [4.69, 9.17) is 5.73 Å². The normalized spacial score (nSPS) is 22.2. The van der Waals surface area contributed by atoms with Crippen molar-refractivity contribution in [1.29, 1.82) is 0 Å². The van der Waals surface area contributed by atoms with E-state index < -0.39 is 0 Å². The third kappa shape index (κ3) is 6.41. The summed E-state index contributed by atoms with van der Waals surface area (Å²) in [5.41, 5.74) is 11.1. The SMILES string of the molecule is Cc1cccc(C(CC(=O)NC2CCC(N)CC2)c2cn(C(C)C3CCCCC3)c3ccccc23)c1.Cl. The highest BCUT2D eigenvalue weighted by Gasteiger charge is 2.28.